The molecule has 1 aromatic heterocycles. The predicted octanol–water partition coefficient (Wildman–Crippen LogP) is 3.83. The van der Waals surface area contributed by atoms with Gasteiger partial charge < -0.3 is 14.2 Å². The molecule has 0 fully saturated rings. The van der Waals surface area contributed by atoms with Crippen molar-refractivity contribution in [3.8, 4) is 5.88 Å². The molecule has 21 heavy (non-hydrogen) atoms. The Bertz CT molecular complexity index is 679. The molecule has 1 heterocycles. The van der Waals surface area contributed by atoms with Crippen LogP contribution in [0.5, 0.6) is 5.88 Å². The molecule has 0 radical (unpaired) electrons. The van der Waals surface area contributed by atoms with Crippen LogP contribution >= 0.6 is 11.6 Å². The molecule has 0 unspecified atom stereocenters. The van der Waals surface area contributed by atoms with E-state index >= 15 is 0 Å². The topological polar surface area (TPSA) is 66.8 Å². The summed E-state index contributed by atoms with van der Waals surface area (Å²) in [5.74, 6) is 0.0177. The van der Waals surface area contributed by atoms with Gasteiger partial charge in [-0.05, 0) is 32.0 Å². The number of carbonyl (C=O) groups is 2. The van der Waals surface area contributed by atoms with Crippen molar-refractivity contribution in [2.75, 3.05) is 13.2 Å². The highest BCUT2D eigenvalue weighted by Crippen LogP contribution is 2.28. The Balaban J connectivity index is 2.48. The number of rotatable bonds is 3. The van der Waals surface area contributed by atoms with Crippen LogP contribution in [-0.2, 0) is 9.47 Å². The molecular weight excluding hydrogens is 298 g/mol. The van der Waals surface area contributed by atoms with E-state index in [1.165, 1.54) is 6.07 Å². The van der Waals surface area contributed by atoms with Gasteiger partial charge in [-0.1, -0.05) is 11.6 Å². The normalized spacial score (nSPS) is 10.4. The van der Waals surface area contributed by atoms with Crippen molar-refractivity contribution >= 4 is 34.8 Å². The number of fused-ring (bicyclic) bond motifs is 1. The van der Waals surface area contributed by atoms with E-state index in [1.807, 2.05) is 0 Å². The van der Waals surface area contributed by atoms with E-state index in [2.05, 4.69) is 0 Å². The maximum Gasteiger partial charge on any atom is 0.515 e. The van der Waals surface area contributed by atoms with E-state index in [9.17, 15) is 9.59 Å². The molecule has 0 N–H and O–H groups in total. The Morgan fingerprint density at radius 1 is 1.14 bits per heavy atom. The van der Waals surface area contributed by atoms with Crippen molar-refractivity contribution in [1.82, 2.24) is 4.57 Å². The lowest BCUT2D eigenvalue weighted by molar-refractivity contribution is 0.100. The number of carbonyl (C=O) groups excluding carboxylic acids is 2. The standard InChI is InChI=1S/C14H14ClNO5/c1-3-19-13(17)16-11-6-5-10(15)7-9(11)8-12(16)21-14(18)20-4-2/h5-8H,3-4H2,1-2H3. The molecule has 0 saturated carbocycles. The highest BCUT2D eigenvalue weighted by atomic mass is 35.5. The minimum absolute atomic E-state index is 0.0177. The second-order valence-corrected chi connectivity index (χ2v) is 4.44. The van der Waals surface area contributed by atoms with Crippen molar-refractivity contribution in [2.24, 2.45) is 0 Å². The molecule has 0 atom stereocenters. The van der Waals surface area contributed by atoms with Crippen molar-refractivity contribution in [3.05, 3.63) is 29.3 Å². The van der Waals surface area contributed by atoms with Gasteiger partial charge in [0, 0.05) is 16.5 Å². The number of benzene rings is 1. The SMILES string of the molecule is CCOC(=O)Oc1cc2cc(Cl)ccc2n1C(=O)OCC. The van der Waals surface area contributed by atoms with Gasteiger partial charge in [-0.3, -0.25) is 0 Å². The quantitative estimate of drug-likeness (QED) is 0.806. The fourth-order valence-corrected chi connectivity index (χ4v) is 2.03. The lowest BCUT2D eigenvalue weighted by Crippen LogP contribution is -2.18. The molecule has 0 amide bonds. The molecule has 0 aliphatic rings. The third-order valence-electron chi connectivity index (χ3n) is 2.63. The van der Waals surface area contributed by atoms with Gasteiger partial charge in [-0.25, -0.2) is 14.2 Å². The summed E-state index contributed by atoms with van der Waals surface area (Å²) in [6, 6.07) is 6.46. The van der Waals surface area contributed by atoms with Crippen LogP contribution in [0.25, 0.3) is 10.9 Å². The fraction of sp³-hybridized carbons (Fsp3) is 0.286. The van der Waals surface area contributed by atoms with Crippen molar-refractivity contribution in [2.45, 2.75) is 13.8 Å². The Hall–Kier alpha value is -2.21. The van der Waals surface area contributed by atoms with Crippen LogP contribution < -0.4 is 4.74 Å². The first-order valence-corrected chi connectivity index (χ1v) is 6.77. The van der Waals surface area contributed by atoms with Crippen LogP contribution in [0, 0.1) is 0 Å². The molecule has 7 heteroatoms. The summed E-state index contributed by atoms with van der Waals surface area (Å²) < 4.78 is 15.9. The molecule has 112 valence electrons. The molecule has 0 spiro atoms. The van der Waals surface area contributed by atoms with E-state index in [0.29, 0.717) is 15.9 Å². The zero-order valence-corrected chi connectivity index (χ0v) is 12.3. The first-order chi connectivity index (χ1) is 10.1. The number of hydrogen-bond donors (Lipinski definition) is 0. The van der Waals surface area contributed by atoms with Crippen LogP contribution in [0.15, 0.2) is 24.3 Å². The number of hydrogen-bond acceptors (Lipinski definition) is 5. The third kappa shape index (κ3) is 3.28. The Morgan fingerprint density at radius 3 is 2.52 bits per heavy atom. The second kappa shape index (κ2) is 6.49. The Labute approximate surface area is 126 Å². The Morgan fingerprint density at radius 2 is 1.86 bits per heavy atom. The van der Waals surface area contributed by atoms with E-state index in [-0.39, 0.29) is 19.1 Å². The monoisotopic (exact) mass is 311 g/mol. The van der Waals surface area contributed by atoms with E-state index < -0.39 is 12.2 Å². The predicted molar refractivity (Wildman–Crippen MR) is 77.0 cm³/mol. The largest absolute Gasteiger partial charge is 0.515 e. The highest BCUT2D eigenvalue weighted by molar-refractivity contribution is 6.31. The fourth-order valence-electron chi connectivity index (χ4n) is 1.85. The van der Waals surface area contributed by atoms with Crippen molar-refractivity contribution in [3.63, 3.8) is 0 Å². The molecular formula is C14H14ClNO5. The first-order valence-electron chi connectivity index (χ1n) is 6.39. The van der Waals surface area contributed by atoms with Gasteiger partial charge >= 0.3 is 12.2 Å². The van der Waals surface area contributed by atoms with Crippen LogP contribution in [-0.4, -0.2) is 30.0 Å². The molecule has 0 bridgehead atoms. The summed E-state index contributed by atoms with van der Waals surface area (Å²) in [7, 11) is 0. The maximum atomic E-state index is 12.0. The van der Waals surface area contributed by atoms with Crippen LogP contribution in [0.1, 0.15) is 13.8 Å². The molecule has 0 aliphatic carbocycles. The smallest absolute Gasteiger partial charge is 0.449 e. The summed E-state index contributed by atoms with van der Waals surface area (Å²) in [6.07, 6.45) is -1.54. The van der Waals surface area contributed by atoms with Gasteiger partial charge in [-0.2, -0.15) is 0 Å². The molecule has 2 aromatic rings. The van der Waals surface area contributed by atoms with Crippen LogP contribution in [0.3, 0.4) is 0 Å². The maximum absolute atomic E-state index is 12.0. The number of aromatic nitrogens is 1. The minimum atomic E-state index is -0.892. The van der Waals surface area contributed by atoms with Crippen LogP contribution in [0.4, 0.5) is 9.59 Å². The van der Waals surface area contributed by atoms with Crippen LogP contribution in [0.2, 0.25) is 5.02 Å². The average Bonchev–Trinajstić information content (AvgIpc) is 2.75. The zero-order chi connectivity index (χ0) is 15.4. The third-order valence-corrected chi connectivity index (χ3v) is 2.87. The molecule has 0 aliphatic heterocycles. The minimum Gasteiger partial charge on any atom is -0.449 e. The number of nitrogens with zero attached hydrogens (tertiary/aromatic N) is 1. The van der Waals surface area contributed by atoms with Gasteiger partial charge in [-0.15, -0.1) is 0 Å². The van der Waals surface area contributed by atoms with Crippen molar-refractivity contribution < 1.29 is 23.8 Å². The van der Waals surface area contributed by atoms with Gasteiger partial charge in [0.25, 0.3) is 0 Å². The highest BCUT2D eigenvalue weighted by Gasteiger charge is 2.20. The summed E-state index contributed by atoms with van der Waals surface area (Å²) in [5, 5.41) is 1.15. The van der Waals surface area contributed by atoms with Gasteiger partial charge in [0.05, 0.1) is 18.7 Å². The summed E-state index contributed by atoms with van der Waals surface area (Å²) >= 11 is 5.92. The average molecular weight is 312 g/mol. The Kier molecular flexibility index (Phi) is 4.70. The molecule has 0 saturated heterocycles. The summed E-state index contributed by atoms with van der Waals surface area (Å²) in [4.78, 5) is 23.5. The molecule has 1 aromatic carbocycles. The lowest BCUT2D eigenvalue weighted by atomic mass is 10.2. The van der Waals surface area contributed by atoms with E-state index in [1.54, 1.807) is 32.0 Å². The molecule has 2 rings (SSSR count). The summed E-state index contributed by atoms with van der Waals surface area (Å²) in [6.45, 7) is 3.71. The van der Waals surface area contributed by atoms with Gasteiger partial charge in [0.15, 0.2) is 0 Å². The first kappa shape index (κ1) is 15.2. The van der Waals surface area contributed by atoms with Gasteiger partial charge in [0.2, 0.25) is 5.88 Å². The number of ether oxygens (including phenoxy) is 3. The second-order valence-electron chi connectivity index (χ2n) is 4.01. The van der Waals surface area contributed by atoms with Crippen molar-refractivity contribution in [1.29, 1.82) is 0 Å². The van der Waals surface area contributed by atoms with Gasteiger partial charge in [0.1, 0.15) is 0 Å². The zero-order valence-electron chi connectivity index (χ0n) is 11.6. The number of halogens is 1. The lowest BCUT2D eigenvalue weighted by Gasteiger charge is -2.08. The van der Waals surface area contributed by atoms with E-state index in [0.717, 1.165) is 4.57 Å². The van der Waals surface area contributed by atoms with E-state index in [4.69, 9.17) is 25.8 Å². The molecule has 6 nitrogen and oxygen atoms in total. The summed E-state index contributed by atoms with van der Waals surface area (Å²) in [5.41, 5.74) is 0.525.